The number of benzene rings is 3. The summed E-state index contributed by atoms with van der Waals surface area (Å²) in [6.07, 6.45) is 2.36. The first kappa shape index (κ1) is 19.6. The molecular formula is C24H28IP. The predicted octanol–water partition coefficient (Wildman–Crippen LogP) is 6.30. The first-order chi connectivity index (χ1) is 12.3. The van der Waals surface area contributed by atoms with E-state index >= 15 is 0 Å². The number of rotatable bonds is 5. The van der Waals surface area contributed by atoms with Gasteiger partial charge in [0.1, 0.15) is 0 Å². The third kappa shape index (κ3) is 3.62. The van der Waals surface area contributed by atoms with Crippen LogP contribution in [0.3, 0.4) is 0 Å². The summed E-state index contributed by atoms with van der Waals surface area (Å²) in [5.41, 5.74) is 0.298. The van der Waals surface area contributed by atoms with Gasteiger partial charge in [-0.15, -0.1) is 0 Å². The van der Waals surface area contributed by atoms with Crippen LogP contribution in [0.2, 0.25) is 0 Å². The molecule has 0 amide bonds. The first-order valence-electron chi connectivity index (χ1n) is 9.24. The molecule has 0 unspecified atom stereocenters. The molecular weight excluding hydrogens is 446 g/mol. The maximum atomic E-state index is 2.88. The van der Waals surface area contributed by atoms with Crippen molar-refractivity contribution < 1.29 is 0 Å². The standard InChI is InChI=1S/C24H28IP/c1-24(2,3)19-20-26(25,21-13-7-4-8-14-21,22-15-9-5-10-16-22)23-17-11-6-12-18-23/h4-18H,19-20H2,1-3H3. The van der Waals surface area contributed by atoms with Gasteiger partial charge in [0.2, 0.25) is 0 Å². The summed E-state index contributed by atoms with van der Waals surface area (Å²) in [5, 5.41) is 4.42. The van der Waals surface area contributed by atoms with Gasteiger partial charge in [0.25, 0.3) is 0 Å². The minimum absolute atomic E-state index is 0.298. The molecule has 0 N–H and O–H groups in total. The van der Waals surface area contributed by atoms with Gasteiger partial charge in [-0.3, -0.25) is 0 Å². The molecule has 2 heteroatoms. The van der Waals surface area contributed by atoms with E-state index in [1.54, 1.807) is 0 Å². The molecule has 0 atom stereocenters. The van der Waals surface area contributed by atoms with E-state index in [-0.39, 0.29) is 0 Å². The number of hydrogen-bond donors (Lipinski definition) is 0. The fraction of sp³-hybridized carbons (Fsp3) is 0.250. The van der Waals surface area contributed by atoms with Gasteiger partial charge in [0, 0.05) is 0 Å². The molecule has 3 aromatic carbocycles. The summed E-state index contributed by atoms with van der Waals surface area (Å²) >= 11 is 2.88. The minimum atomic E-state index is -2.58. The molecule has 0 aliphatic rings. The Bertz CT molecular complexity index is 736. The van der Waals surface area contributed by atoms with E-state index in [0.717, 1.165) is 0 Å². The topological polar surface area (TPSA) is 0 Å². The zero-order chi connectivity index (χ0) is 18.7. The Morgan fingerprint density at radius 2 is 0.923 bits per heavy atom. The Morgan fingerprint density at radius 3 is 1.19 bits per heavy atom. The van der Waals surface area contributed by atoms with E-state index in [1.807, 2.05) is 0 Å². The Morgan fingerprint density at radius 1 is 0.615 bits per heavy atom. The maximum absolute atomic E-state index is 2.88. The van der Waals surface area contributed by atoms with Crippen LogP contribution in [-0.4, -0.2) is 6.16 Å². The molecule has 0 heterocycles. The van der Waals surface area contributed by atoms with Crippen molar-refractivity contribution in [3.8, 4) is 0 Å². The van der Waals surface area contributed by atoms with E-state index in [9.17, 15) is 0 Å². The average molecular weight is 474 g/mol. The van der Waals surface area contributed by atoms with E-state index in [1.165, 1.54) is 28.5 Å². The second-order valence-corrected chi connectivity index (χ2v) is 19.0. The summed E-state index contributed by atoms with van der Waals surface area (Å²) in [6, 6.07) is 33.6. The van der Waals surface area contributed by atoms with Crippen molar-refractivity contribution in [1.82, 2.24) is 0 Å². The van der Waals surface area contributed by atoms with Gasteiger partial charge in [-0.2, -0.15) is 0 Å². The molecule has 0 aliphatic carbocycles. The molecule has 0 bridgehead atoms. The van der Waals surface area contributed by atoms with E-state index < -0.39 is 4.25 Å². The molecule has 0 nitrogen and oxygen atoms in total. The summed E-state index contributed by atoms with van der Waals surface area (Å²) in [5.74, 6) is 0. The summed E-state index contributed by atoms with van der Waals surface area (Å²) < 4.78 is -2.58. The molecule has 0 radical (unpaired) electrons. The summed E-state index contributed by atoms with van der Waals surface area (Å²) in [4.78, 5) is 0. The SMILES string of the molecule is CC(C)(C)CCP(I)(c1ccccc1)(c1ccccc1)c1ccccc1. The van der Waals surface area contributed by atoms with Gasteiger partial charge in [-0.25, -0.2) is 0 Å². The third-order valence-electron chi connectivity index (χ3n) is 5.17. The van der Waals surface area contributed by atoms with Crippen LogP contribution in [0.4, 0.5) is 0 Å². The van der Waals surface area contributed by atoms with Crippen molar-refractivity contribution >= 4 is 42.2 Å². The molecule has 136 valence electrons. The fourth-order valence-electron chi connectivity index (χ4n) is 3.60. The summed E-state index contributed by atoms with van der Waals surface area (Å²) in [7, 11) is 0. The molecule has 26 heavy (non-hydrogen) atoms. The van der Waals surface area contributed by atoms with Gasteiger partial charge < -0.3 is 0 Å². The molecule has 0 spiro atoms. The van der Waals surface area contributed by atoms with E-state index in [2.05, 4.69) is 134 Å². The third-order valence-corrected chi connectivity index (χ3v) is 16.8. The van der Waals surface area contributed by atoms with Crippen molar-refractivity contribution in [1.29, 1.82) is 0 Å². The van der Waals surface area contributed by atoms with Crippen LogP contribution in [0, 0.1) is 5.41 Å². The van der Waals surface area contributed by atoms with Crippen LogP contribution in [0.5, 0.6) is 0 Å². The second-order valence-electron chi connectivity index (χ2n) is 8.22. The van der Waals surface area contributed by atoms with Crippen molar-refractivity contribution in [2.24, 2.45) is 5.41 Å². The van der Waals surface area contributed by atoms with Crippen LogP contribution in [0.15, 0.2) is 91.0 Å². The molecule has 0 aromatic heterocycles. The Kier molecular flexibility index (Phi) is 5.61. The molecule has 0 fully saturated rings. The van der Waals surface area contributed by atoms with E-state index in [4.69, 9.17) is 0 Å². The molecule has 3 aromatic rings. The van der Waals surface area contributed by atoms with Crippen LogP contribution in [0.25, 0.3) is 0 Å². The zero-order valence-electron chi connectivity index (χ0n) is 15.9. The Labute approximate surface area is 171 Å². The van der Waals surface area contributed by atoms with Crippen LogP contribution < -0.4 is 15.9 Å². The molecule has 3 rings (SSSR count). The Hall–Kier alpha value is -1.18. The van der Waals surface area contributed by atoms with Crippen LogP contribution >= 0.6 is 26.3 Å². The van der Waals surface area contributed by atoms with Crippen molar-refractivity contribution in [2.45, 2.75) is 27.2 Å². The average Bonchev–Trinajstić information content (AvgIpc) is 2.68. The molecule has 0 aliphatic heterocycles. The fourth-order valence-corrected chi connectivity index (χ4v) is 12.4. The summed E-state index contributed by atoms with van der Waals surface area (Å²) in [6.45, 7) is 7.06. The van der Waals surface area contributed by atoms with Gasteiger partial charge in [0.15, 0.2) is 0 Å². The number of halogens is 1. The van der Waals surface area contributed by atoms with Gasteiger partial charge >= 0.3 is 172 Å². The zero-order valence-corrected chi connectivity index (χ0v) is 19.0. The van der Waals surface area contributed by atoms with Crippen molar-refractivity contribution in [2.75, 3.05) is 6.16 Å². The monoisotopic (exact) mass is 474 g/mol. The molecule has 0 saturated heterocycles. The first-order valence-corrected chi connectivity index (χ1v) is 14.4. The van der Waals surface area contributed by atoms with Crippen LogP contribution in [-0.2, 0) is 0 Å². The normalized spacial score (nSPS) is 13.8. The van der Waals surface area contributed by atoms with Crippen LogP contribution in [0.1, 0.15) is 27.2 Å². The van der Waals surface area contributed by atoms with Gasteiger partial charge in [-0.1, -0.05) is 0 Å². The molecule has 0 saturated carbocycles. The van der Waals surface area contributed by atoms with Gasteiger partial charge in [-0.05, 0) is 0 Å². The predicted molar refractivity (Wildman–Crippen MR) is 128 cm³/mol. The van der Waals surface area contributed by atoms with Crippen molar-refractivity contribution in [3.05, 3.63) is 91.0 Å². The van der Waals surface area contributed by atoms with Gasteiger partial charge in [0.05, 0.1) is 0 Å². The number of hydrogen-bond acceptors (Lipinski definition) is 0. The van der Waals surface area contributed by atoms with E-state index in [0.29, 0.717) is 5.41 Å². The van der Waals surface area contributed by atoms with Crippen molar-refractivity contribution in [3.63, 3.8) is 0 Å². The second kappa shape index (κ2) is 7.44. The Balaban J connectivity index is 2.35. The quantitative estimate of drug-likeness (QED) is 0.301.